The van der Waals surface area contributed by atoms with E-state index >= 15 is 0 Å². The first-order valence-electron chi connectivity index (χ1n) is 20.1. The molecule has 276 valence electrons. The molecule has 4 heteroatoms. The minimum Gasteiger partial charge on any atom is -0.316 e. The summed E-state index contributed by atoms with van der Waals surface area (Å²) in [6.07, 6.45) is 2.19. The van der Waals surface area contributed by atoms with Crippen LogP contribution in [0, 0.1) is 0 Å². The van der Waals surface area contributed by atoms with Gasteiger partial charge < -0.3 is 13.7 Å². The highest BCUT2D eigenvalue weighted by molar-refractivity contribution is 6.20. The molecule has 59 heavy (non-hydrogen) atoms. The van der Waals surface area contributed by atoms with Gasteiger partial charge in [0.15, 0.2) is 0 Å². The molecule has 8 aromatic carbocycles. The van der Waals surface area contributed by atoms with E-state index in [0.717, 1.165) is 67.3 Å². The molecule has 0 atom stereocenters. The van der Waals surface area contributed by atoms with Gasteiger partial charge in [0.05, 0.1) is 39.0 Å². The Hall–Kier alpha value is -7.95. The highest BCUT2D eigenvalue weighted by Gasteiger charge is 2.20. The summed E-state index contributed by atoms with van der Waals surface area (Å²) in [6.45, 7) is 0. The van der Waals surface area contributed by atoms with Crippen molar-refractivity contribution in [1.29, 1.82) is 0 Å². The molecule has 0 spiro atoms. The molecule has 0 aliphatic heterocycles. The third-order valence-electron chi connectivity index (χ3n) is 11.8. The zero-order valence-corrected chi connectivity index (χ0v) is 32.1. The Morgan fingerprint density at radius 2 is 0.814 bits per heavy atom. The van der Waals surface area contributed by atoms with Crippen LogP contribution in [0.4, 0.5) is 0 Å². The molecule has 0 saturated carbocycles. The molecule has 0 amide bonds. The third-order valence-corrected chi connectivity index (χ3v) is 11.8. The van der Waals surface area contributed by atoms with Crippen molar-refractivity contribution in [2.45, 2.75) is 0 Å². The van der Waals surface area contributed by atoms with Gasteiger partial charge in [0.1, 0.15) is 0 Å². The normalized spacial score (nSPS) is 11.7. The Bertz CT molecular complexity index is 3460. The number of nitrogens with zero attached hydrogens (tertiary/aromatic N) is 4. The monoisotopic (exact) mass is 752 g/mol. The Kier molecular flexibility index (Phi) is 7.50. The summed E-state index contributed by atoms with van der Waals surface area (Å²) in [4.78, 5) is 5.32. The van der Waals surface area contributed by atoms with Crippen molar-refractivity contribution in [2.24, 2.45) is 0 Å². The Labute approximate surface area is 341 Å². The molecule has 0 N–H and O–H groups in total. The fourth-order valence-corrected chi connectivity index (χ4v) is 9.09. The van der Waals surface area contributed by atoms with E-state index < -0.39 is 0 Å². The fourth-order valence-electron chi connectivity index (χ4n) is 9.09. The molecular weight excluding hydrogens is 717 g/mol. The number of pyridine rings is 1. The molecule has 4 nitrogen and oxygen atoms in total. The van der Waals surface area contributed by atoms with Crippen molar-refractivity contribution in [3.8, 4) is 50.7 Å². The Balaban J connectivity index is 1.14. The zero-order valence-electron chi connectivity index (χ0n) is 32.1. The highest BCUT2D eigenvalue weighted by Crippen LogP contribution is 2.42. The van der Waals surface area contributed by atoms with Crippen LogP contribution in [-0.4, -0.2) is 18.7 Å². The van der Waals surface area contributed by atoms with E-state index in [4.69, 9.17) is 4.98 Å². The van der Waals surface area contributed by atoms with Gasteiger partial charge in [0, 0.05) is 61.3 Å². The molecule has 4 heterocycles. The van der Waals surface area contributed by atoms with E-state index in [1.807, 2.05) is 0 Å². The van der Waals surface area contributed by atoms with Crippen LogP contribution in [0.2, 0.25) is 0 Å². The standard InChI is InChI=1S/C55H36N4/c1-5-16-37(17-6-1)41-32-49(38-18-7-2-8-19-38)56-50(33-41)39-20-15-25-44(30-39)59-54-34-47-45-26-13-14-27-51(45)58(43-23-11-4-12-24-43)53(47)35-48(54)46-31-40-28-29-57(52(40)36-55(46)59)42-21-9-3-10-22-42/h1-36H. The summed E-state index contributed by atoms with van der Waals surface area (Å²) < 4.78 is 7.17. The predicted octanol–water partition coefficient (Wildman–Crippen LogP) is 14.2. The number of para-hydroxylation sites is 3. The Morgan fingerprint density at radius 3 is 1.54 bits per heavy atom. The molecule has 0 bridgehead atoms. The van der Waals surface area contributed by atoms with E-state index in [1.165, 1.54) is 38.0 Å². The maximum atomic E-state index is 5.32. The molecular formula is C55H36N4. The average Bonchev–Trinajstić information content (AvgIpc) is 3.98. The minimum atomic E-state index is 0.932. The van der Waals surface area contributed by atoms with Crippen LogP contribution in [0.5, 0.6) is 0 Å². The van der Waals surface area contributed by atoms with Crippen molar-refractivity contribution in [3.63, 3.8) is 0 Å². The van der Waals surface area contributed by atoms with Gasteiger partial charge in [-0.05, 0) is 96.1 Å². The maximum absolute atomic E-state index is 5.32. The smallest absolute Gasteiger partial charge is 0.0716 e. The van der Waals surface area contributed by atoms with Crippen molar-refractivity contribution >= 4 is 54.5 Å². The summed E-state index contributed by atoms with van der Waals surface area (Å²) in [6, 6.07) is 76.3. The lowest BCUT2D eigenvalue weighted by atomic mass is 10.00. The largest absolute Gasteiger partial charge is 0.316 e. The summed E-state index contributed by atoms with van der Waals surface area (Å²) in [5.41, 5.74) is 15.6. The van der Waals surface area contributed by atoms with Crippen LogP contribution in [0.3, 0.4) is 0 Å². The second kappa shape index (κ2) is 13.3. The zero-order chi connectivity index (χ0) is 38.9. The van der Waals surface area contributed by atoms with Crippen LogP contribution >= 0.6 is 0 Å². The number of aromatic nitrogens is 4. The first-order chi connectivity index (χ1) is 29.2. The summed E-state index contributed by atoms with van der Waals surface area (Å²) >= 11 is 0. The van der Waals surface area contributed by atoms with Gasteiger partial charge in [-0.25, -0.2) is 4.98 Å². The molecule has 0 radical (unpaired) electrons. The lowest BCUT2D eigenvalue weighted by molar-refractivity contribution is 1.12. The van der Waals surface area contributed by atoms with E-state index in [0.29, 0.717) is 0 Å². The molecule has 12 aromatic rings. The van der Waals surface area contributed by atoms with Gasteiger partial charge in [0.2, 0.25) is 0 Å². The van der Waals surface area contributed by atoms with Crippen LogP contribution in [0.1, 0.15) is 0 Å². The molecule has 4 aromatic heterocycles. The SMILES string of the molecule is c1ccc(-c2cc(-c3ccccc3)nc(-c3cccc(-n4c5cc6c7ccccc7n(-c7ccccc7)c6cc5c5cc6ccn(-c7ccccc7)c6cc54)c3)c2)cc1. The quantitative estimate of drug-likeness (QED) is 0.166. The van der Waals surface area contributed by atoms with Crippen LogP contribution in [0.25, 0.3) is 105 Å². The van der Waals surface area contributed by atoms with Crippen molar-refractivity contribution < 1.29 is 0 Å². The second-order valence-corrected chi connectivity index (χ2v) is 15.3. The molecule has 0 saturated heterocycles. The number of hydrogen-bond acceptors (Lipinski definition) is 1. The topological polar surface area (TPSA) is 27.7 Å². The van der Waals surface area contributed by atoms with Gasteiger partial charge in [-0.15, -0.1) is 0 Å². The van der Waals surface area contributed by atoms with Gasteiger partial charge in [-0.2, -0.15) is 0 Å². The van der Waals surface area contributed by atoms with E-state index in [2.05, 4.69) is 232 Å². The van der Waals surface area contributed by atoms with Crippen molar-refractivity contribution in [2.75, 3.05) is 0 Å². The first-order valence-corrected chi connectivity index (χ1v) is 20.1. The lowest BCUT2D eigenvalue weighted by Gasteiger charge is -2.13. The lowest BCUT2D eigenvalue weighted by Crippen LogP contribution is -1.97. The van der Waals surface area contributed by atoms with E-state index in [-0.39, 0.29) is 0 Å². The van der Waals surface area contributed by atoms with Gasteiger partial charge in [-0.3, -0.25) is 0 Å². The fraction of sp³-hybridized carbons (Fsp3) is 0. The molecule has 0 unspecified atom stereocenters. The minimum absolute atomic E-state index is 0.932. The predicted molar refractivity (Wildman–Crippen MR) is 246 cm³/mol. The average molecular weight is 753 g/mol. The molecule has 12 rings (SSSR count). The first kappa shape index (κ1) is 33.2. The highest BCUT2D eigenvalue weighted by atomic mass is 15.0. The van der Waals surface area contributed by atoms with E-state index in [1.54, 1.807) is 0 Å². The maximum Gasteiger partial charge on any atom is 0.0716 e. The summed E-state index contributed by atoms with van der Waals surface area (Å²) in [5.74, 6) is 0. The number of fused-ring (bicyclic) bond motifs is 7. The second-order valence-electron chi connectivity index (χ2n) is 15.3. The summed E-state index contributed by atoms with van der Waals surface area (Å²) in [5, 5.41) is 6.08. The number of benzene rings is 8. The third kappa shape index (κ3) is 5.42. The van der Waals surface area contributed by atoms with Gasteiger partial charge in [0.25, 0.3) is 0 Å². The van der Waals surface area contributed by atoms with Crippen LogP contribution in [0.15, 0.2) is 219 Å². The molecule has 0 aliphatic rings. The summed E-state index contributed by atoms with van der Waals surface area (Å²) in [7, 11) is 0. The van der Waals surface area contributed by atoms with Crippen molar-refractivity contribution in [3.05, 3.63) is 219 Å². The van der Waals surface area contributed by atoms with Crippen LogP contribution in [-0.2, 0) is 0 Å². The van der Waals surface area contributed by atoms with Gasteiger partial charge in [-0.1, -0.05) is 127 Å². The Morgan fingerprint density at radius 1 is 0.288 bits per heavy atom. The number of hydrogen-bond donors (Lipinski definition) is 0. The number of rotatable bonds is 6. The van der Waals surface area contributed by atoms with E-state index in [9.17, 15) is 0 Å². The van der Waals surface area contributed by atoms with Gasteiger partial charge >= 0.3 is 0 Å². The molecule has 0 fully saturated rings. The molecule has 0 aliphatic carbocycles. The van der Waals surface area contributed by atoms with Crippen LogP contribution < -0.4 is 0 Å². The van der Waals surface area contributed by atoms with Crippen molar-refractivity contribution in [1.82, 2.24) is 18.7 Å².